The normalized spacial score (nSPS) is 12.2. The second-order valence-corrected chi connectivity index (χ2v) is 8.33. The Hall–Kier alpha value is -4.24. The summed E-state index contributed by atoms with van der Waals surface area (Å²) in [6, 6.07) is 12.0. The molecule has 0 atom stereocenters. The van der Waals surface area contributed by atoms with Crippen molar-refractivity contribution in [1.29, 1.82) is 0 Å². The number of pyridine rings is 1. The van der Waals surface area contributed by atoms with Gasteiger partial charge in [0, 0.05) is 29.0 Å². The Bertz CT molecular complexity index is 1480. The standard InChI is InChI=1S/C26H21ClFN3O5/c1-14-11-15(3-5-17(14)27)30-26(32)31-19-6-4-16(12-18(19)28)36-21-7-8-29-20-13-22(33-2)24-25(23(20)21)35-10-9-34-24/h3-8,11-13H,9-10H2,1-2H3,(H2,30,31,32). The first-order valence-corrected chi connectivity index (χ1v) is 11.4. The highest BCUT2D eigenvalue weighted by atomic mass is 35.5. The minimum absolute atomic E-state index is 0.0102. The fourth-order valence-electron chi connectivity index (χ4n) is 3.81. The van der Waals surface area contributed by atoms with Crippen molar-refractivity contribution in [2.45, 2.75) is 6.92 Å². The number of nitrogens with zero attached hydrogens (tertiary/aromatic N) is 1. The number of aromatic nitrogens is 1. The highest BCUT2D eigenvalue weighted by Gasteiger charge is 2.24. The number of hydrogen-bond donors (Lipinski definition) is 2. The van der Waals surface area contributed by atoms with Crippen LogP contribution in [0.1, 0.15) is 5.56 Å². The number of carbonyl (C=O) groups excluding carboxylic acids is 1. The van der Waals surface area contributed by atoms with Crippen molar-refractivity contribution >= 4 is 39.9 Å². The van der Waals surface area contributed by atoms with E-state index in [2.05, 4.69) is 15.6 Å². The first-order valence-electron chi connectivity index (χ1n) is 11.0. The first-order chi connectivity index (χ1) is 17.4. The number of anilines is 2. The summed E-state index contributed by atoms with van der Waals surface area (Å²) in [5, 5.41) is 6.31. The van der Waals surface area contributed by atoms with Gasteiger partial charge in [0.25, 0.3) is 0 Å². The smallest absolute Gasteiger partial charge is 0.323 e. The molecule has 0 saturated carbocycles. The van der Waals surface area contributed by atoms with Gasteiger partial charge >= 0.3 is 6.03 Å². The van der Waals surface area contributed by atoms with Crippen LogP contribution in [0.15, 0.2) is 54.7 Å². The predicted molar refractivity (Wildman–Crippen MR) is 135 cm³/mol. The predicted octanol–water partition coefficient (Wildman–Crippen LogP) is 6.55. The molecule has 0 bridgehead atoms. The molecule has 8 nitrogen and oxygen atoms in total. The molecular formula is C26H21ClFN3O5. The number of nitrogens with one attached hydrogen (secondary N) is 2. The van der Waals surface area contributed by atoms with E-state index < -0.39 is 11.8 Å². The molecule has 4 aromatic rings. The number of amides is 2. The molecular weight excluding hydrogens is 489 g/mol. The van der Waals surface area contributed by atoms with E-state index in [9.17, 15) is 9.18 Å². The molecule has 0 spiro atoms. The summed E-state index contributed by atoms with van der Waals surface area (Å²) in [5.41, 5.74) is 1.90. The van der Waals surface area contributed by atoms with Gasteiger partial charge in [-0.2, -0.15) is 0 Å². The van der Waals surface area contributed by atoms with Crippen LogP contribution in [0, 0.1) is 12.7 Å². The number of halogens is 2. The molecule has 1 aromatic heterocycles. The lowest BCUT2D eigenvalue weighted by atomic mass is 10.1. The Morgan fingerprint density at radius 2 is 1.83 bits per heavy atom. The number of hydrogen-bond acceptors (Lipinski definition) is 6. The SMILES string of the molecule is COc1cc2nccc(Oc3ccc(NC(=O)Nc4ccc(Cl)c(C)c4)c(F)c3)c2c2c1OCCO2. The summed E-state index contributed by atoms with van der Waals surface area (Å²) < 4.78 is 37.8. The van der Waals surface area contributed by atoms with Crippen molar-refractivity contribution in [3.63, 3.8) is 0 Å². The lowest BCUT2D eigenvalue weighted by Crippen LogP contribution is -2.20. The molecule has 10 heteroatoms. The third-order valence-electron chi connectivity index (χ3n) is 5.50. The van der Waals surface area contributed by atoms with Crippen LogP contribution in [-0.2, 0) is 0 Å². The van der Waals surface area contributed by atoms with Crippen LogP contribution in [0.2, 0.25) is 5.02 Å². The highest BCUT2D eigenvalue weighted by molar-refractivity contribution is 6.31. The van der Waals surface area contributed by atoms with Crippen molar-refractivity contribution in [3.8, 4) is 28.7 Å². The van der Waals surface area contributed by atoms with E-state index in [0.29, 0.717) is 57.8 Å². The van der Waals surface area contributed by atoms with Gasteiger partial charge in [-0.25, -0.2) is 9.18 Å². The Morgan fingerprint density at radius 1 is 1.03 bits per heavy atom. The quantitative estimate of drug-likeness (QED) is 0.317. The number of urea groups is 1. The third kappa shape index (κ3) is 4.65. The molecule has 2 amide bonds. The van der Waals surface area contributed by atoms with E-state index in [1.807, 2.05) is 6.92 Å². The summed E-state index contributed by atoms with van der Waals surface area (Å²) >= 11 is 6.01. The van der Waals surface area contributed by atoms with E-state index >= 15 is 0 Å². The summed E-state index contributed by atoms with van der Waals surface area (Å²) in [5.74, 6) is 1.36. The molecule has 0 fully saturated rings. The van der Waals surface area contributed by atoms with Gasteiger partial charge in [-0.3, -0.25) is 4.98 Å². The van der Waals surface area contributed by atoms with Crippen molar-refractivity contribution in [1.82, 2.24) is 4.98 Å². The van der Waals surface area contributed by atoms with Gasteiger partial charge in [-0.1, -0.05) is 11.6 Å². The molecule has 2 heterocycles. The molecule has 0 saturated heterocycles. The van der Waals surface area contributed by atoms with Gasteiger partial charge in [0.2, 0.25) is 5.75 Å². The summed E-state index contributed by atoms with van der Waals surface area (Å²) in [4.78, 5) is 16.7. The second kappa shape index (κ2) is 9.79. The topological polar surface area (TPSA) is 90.9 Å². The van der Waals surface area contributed by atoms with Crippen LogP contribution >= 0.6 is 11.6 Å². The molecule has 1 aliphatic heterocycles. The zero-order chi connectivity index (χ0) is 25.2. The molecule has 1 aliphatic rings. The average Bonchev–Trinajstić information content (AvgIpc) is 2.87. The fraction of sp³-hybridized carbons (Fsp3) is 0.154. The maximum Gasteiger partial charge on any atom is 0.323 e. The van der Waals surface area contributed by atoms with Gasteiger partial charge in [0.05, 0.1) is 23.7 Å². The number of aryl methyl sites for hydroxylation is 1. The number of carbonyl (C=O) groups is 1. The van der Waals surface area contributed by atoms with E-state index in [0.717, 1.165) is 5.56 Å². The van der Waals surface area contributed by atoms with E-state index in [-0.39, 0.29) is 11.4 Å². The summed E-state index contributed by atoms with van der Waals surface area (Å²) in [7, 11) is 1.54. The van der Waals surface area contributed by atoms with E-state index in [4.69, 9.17) is 30.5 Å². The molecule has 36 heavy (non-hydrogen) atoms. The molecule has 5 rings (SSSR count). The van der Waals surface area contributed by atoms with E-state index in [1.54, 1.807) is 42.6 Å². The van der Waals surface area contributed by atoms with Gasteiger partial charge < -0.3 is 29.6 Å². The third-order valence-corrected chi connectivity index (χ3v) is 5.92. The molecule has 3 aromatic carbocycles. The van der Waals surface area contributed by atoms with Crippen LogP contribution in [0.4, 0.5) is 20.6 Å². The number of benzene rings is 3. The fourth-order valence-corrected chi connectivity index (χ4v) is 3.92. The van der Waals surface area contributed by atoms with Crippen LogP contribution < -0.4 is 29.6 Å². The van der Waals surface area contributed by atoms with Gasteiger partial charge in [0.1, 0.15) is 30.5 Å². The van der Waals surface area contributed by atoms with Crippen LogP contribution in [0.5, 0.6) is 28.7 Å². The van der Waals surface area contributed by atoms with Crippen LogP contribution in [0.25, 0.3) is 10.9 Å². The molecule has 0 radical (unpaired) electrons. The molecule has 0 unspecified atom stereocenters. The minimum atomic E-state index is -0.670. The Kier molecular flexibility index (Phi) is 6.39. The van der Waals surface area contributed by atoms with Crippen molar-refractivity contribution in [3.05, 3.63) is 71.1 Å². The Morgan fingerprint density at radius 3 is 2.58 bits per heavy atom. The lowest BCUT2D eigenvalue weighted by molar-refractivity contribution is 0.167. The van der Waals surface area contributed by atoms with Gasteiger partial charge in [-0.15, -0.1) is 0 Å². The Labute approximate surface area is 210 Å². The first kappa shape index (κ1) is 23.5. The average molecular weight is 510 g/mol. The zero-order valence-electron chi connectivity index (χ0n) is 19.4. The highest BCUT2D eigenvalue weighted by Crippen LogP contribution is 2.48. The summed E-state index contributed by atoms with van der Waals surface area (Å²) in [6.07, 6.45) is 1.57. The van der Waals surface area contributed by atoms with Crippen LogP contribution in [-0.4, -0.2) is 31.3 Å². The monoisotopic (exact) mass is 509 g/mol. The largest absolute Gasteiger partial charge is 0.493 e. The van der Waals surface area contributed by atoms with Gasteiger partial charge in [0.15, 0.2) is 11.5 Å². The number of ether oxygens (including phenoxy) is 4. The second-order valence-electron chi connectivity index (χ2n) is 7.92. The number of methoxy groups -OCH3 is 1. The van der Waals surface area contributed by atoms with Crippen LogP contribution in [0.3, 0.4) is 0 Å². The maximum absolute atomic E-state index is 14.8. The Balaban J connectivity index is 1.37. The molecule has 2 N–H and O–H groups in total. The van der Waals surface area contributed by atoms with Gasteiger partial charge in [-0.05, 0) is 48.9 Å². The minimum Gasteiger partial charge on any atom is -0.493 e. The zero-order valence-corrected chi connectivity index (χ0v) is 20.1. The van der Waals surface area contributed by atoms with E-state index in [1.165, 1.54) is 19.2 Å². The molecule has 0 aliphatic carbocycles. The maximum atomic E-state index is 14.8. The van der Waals surface area contributed by atoms with Crippen molar-refractivity contribution < 1.29 is 28.1 Å². The lowest BCUT2D eigenvalue weighted by Gasteiger charge is -2.23. The summed E-state index contributed by atoms with van der Waals surface area (Å²) in [6.45, 7) is 2.56. The van der Waals surface area contributed by atoms with Crippen molar-refractivity contribution in [2.24, 2.45) is 0 Å². The molecule has 184 valence electrons. The van der Waals surface area contributed by atoms with Crippen molar-refractivity contribution in [2.75, 3.05) is 31.0 Å². The number of fused-ring (bicyclic) bond motifs is 3. The number of rotatable bonds is 5.